The van der Waals surface area contributed by atoms with Crippen molar-refractivity contribution in [2.75, 3.05) is 7.05 Å². The van der Waals surface area contributed by atoms with E-state index in [1.165, 1.54) is 7.05 Å². The van der Waals surface area contributed by atoms with E-state index in [2.05, 4.69) is 0 Å². The average molecular weight is 244 g/mol. The second-order valence-electron chi connectivity index (χ2n) is 4.17. The Labute approximate surface area is 106 Å². The third-order valence-electron chi connectivity index (χ3n) is 2.83. The molecular weight excluding hydrogens is 228 g/mol. The molecule has 4 heteroatoms. The number of aromatic nitrogens is 1. The summed E-state index contributed by atoms with van der Waals surface area (Å²) < 4.78 is 2.02. The van der Waals surface area contributed by atoms with Crippen LogP contribution in [0.4, 0.5) is 0 Å². The van der Waals surface area contributed by atoms with Crippen molar-refractivity contribution >= 4 is 5.91 Å². The molecule has 0 saturated heterocycles. The van der Waals surface area contributed by atoms with Gasteiger partial charge in [0.1, 0.15) is 0 Å². The minimum absolute atomic E-state index is 0.274. The van der Waals surface area contributed by atoms with Crippen LogP contribution in [0.5, 0.6) is 0 Å². The molecule has 0 aliphatic heterocycles. The minimum atomic E-state index is -0.274. The molecule has 1 aromatic heterocycles. The Hall–Kier alpha value is -2.07. The Kier molecular flexibility index (Phi) is 3.79. The summed E-state index contributed by atoms with van der Waals surface area (Å²) in [4.78, 5) is 11.2. The van der Waals surface area contributed by atoms with E-state index in [4.69, 9.17) is 5.21 Å². The number of aryl methyl sites for hydroxylation is 1. The van der Waals surface area contributed by atoms with Gasteiger partial charge in [-0.15, -0.1) is 0 Å². The van der Waals surface area contributed by atoms with E-state index in [1.54, 1.807) is 0 Å². The van der Waals surface area contributed by atoms with E-state index in [9.17, 15) is 4.79 Å². The van der Waals surface area contributed by atoms with Crippen molar-refractivity contribution in [2.24, 2.45) is 0 Å². The number of carbonyl (C=O) groups excluding carboxylic acids is 1. The predicted molar refractivity (Wildman–Crippen MR) is 68.6 cm³/mol. The van der Waals surface area contributed by atoms with E-state index in [1.807, 2.05) is 53.4 Å². The third-order valence-corrected chi connectivity index (χ3v) is 2.83. The summed E-state index contributed by atoms with van der Waals surface area (Å²) in [5.74, 6) is -0.274. The fourth-order valence-corrected chi connectivity index (χ4v) is 1.75. The summed E-state index contributed by atoms with van der Waals surface area (Å²) in [6.07, 6.45) is 4.92. The van der Waals surface area contributed by atoms with Gasteiger partial charge in [0.25, 0.3) is 0 Å². The second-order valence-corrected chi connectivity index (χ2v) is 4.17. The Bertz CT molecular complexity index is 501. The predicted octanol–water partition coefficient (Wildman–Crippen LogP) is 2.26. The average Bonchev–Trinajstić information content (AvgIpc) is 2.90. The first-order valence-electron chi connectivity index (χ1n) is 5.84. The van der Waals surface area contributed by atoms with E-state index in [0.717, 1.165) is 11.3 Å². The molecule has 1 amide bonds. The van der Waals surface area contributed by atoms with Gasteiger partial charge in [0.05, 0.1) is 0 Å². The van der Waals surface area contributed by atoms with Crippen LogP contribution in [0.15, 0.2) is 48.8 Å². The first-order valence-corrected chi connectivity index (χ1v) is 5.84. The van der Waals surface area contributed by atoms with Crippen LogP contribution >= 0.6 is 0 Å². The molecule has 0 spiro atoms. The highest BCUT2D eigenvalue weighted by Crippen LogP contribution is 2.11. The number of nitrogens with zero attached hydrogens (tertiary/aromatic N) is 2. The maximum atomic E-state index is 11.2. The third kappa shape index (κ3) is 2.99. The SMILES string of the molecule is CN(O)C(=O)CCc1ccc(-n2cccc2)cc1. The Morgan fingerprint density at radius 1 is 1.22 bits per heavy atom. The van der Waals surface area contributed by atoms with Crippen LogP contribution in [0.25, 0.3) is 5.69 Å². The molecule has 0 aliphatic rings. The fraction of sp³-hybridized carbons (Fsp3) is 0.214. The maximum absolute atomic E-state index is 11.2. The van der Waals surface area contributed by atoms with Crippen LogP contribution in [-0.2, 0) is 11.2 Å². The molecule has 0 atom stereocenters. The Morgan fingerprint density at radius 3 is 2.39 bits per heavy atom. The van der Waals surface area contributed by atoms with Gasteiger partial charge in [0, 0.05) is 31.5 Å². The Morgan fingerprint density at radius 2 is 1.83 bits per heavy atom. The lowest BCUT2D eigenvalue weighted by molar-refractivity contribution is -0.159. The van der Waals surface area contributed by atoms with Gasteiger partial charge in [-0.3, -0.25) is 10.0 Å². The first-order chi connectivity index (χ1) is 8.66. The number of amides is 1. The highest BCUT2D eigenvalue weighted by atomic mass is 16.5. The summed E-state index contributed by atoms with van der Waals surface area (Å²) >= 11 is 0. The molecule has 18 heavy (non-hydrogen) atoms. The van der Waals surface area contributed by atoms with Crippen molar-refractivity contribution < 1.29 is 10.0 Å². The normalized spacial score (nSPS) is 10.3. The summed E-state index contributed by atoms with van der Waals surface area (Å²) in [7, 11) is 1.34. The van der Waals surface area contributed by atoms with Crippen LogP contribution in [-0.4, -0.2) is 27.8 Å². The van der Waals surface area contributed by atoms with Crippen molar-refractivity contribution in [3.05, 3.63) is 54.4 Å². The number of benzene rings is 1. The zero-order valence-corrected chi connectivity index (χ0v) is 10.3. The van der Waals surface area contributed by atoms with E-state index < -0.39 is 0 Å². The molecule has 94 valence electrons. The van der Waals surface area contributed by atoms with E-state index >= 15 is 0 Å². The van der Waals surface area contributed by atoms with Crippen LogP contribution in [0.2, 0.25) is 0 Å². The zero-order chi connectivity index (χ0) is 13.0. The molecule has 0 unspecified atom stereocenters. The van der Waals surface area contributed by atoms with E-state index in [0.29, 0.717) is 17.9 Å². The smallest absolute Gasteiger partial charge is 0.245 e. The summed E-state index contributed by atoms with van der Waals surface area (Å²) in [6, 6.07) is 12.0. The molecule has 0 saturated carbocycles. The molecular formula is C14H16N2O2. The number of hydrogen-bond acceptors (Lipinski definition) is 2. The molecule has 1 heterocycles. The molecule has 2 aromatic rings. The fourth-order valence-electron chi connectivity index (χ4n) is 1.75. The zero-order valence-electron chi connectivity index (χ0n) is 10.3. The molecule has 1 N–H and O–H groups in total. The van der Waals surface area contributed by atoms with Gasteiger partial charge in [-0.1, -0.05) is 12.1 Å². The maximum Gasteiger partial charge on any atom is 0.245 e. The van der Waals surface area contributed by atoms with Gasteiger partial charge in [0.2, 0.25) is 5.91 Å². The van der Waals surface area contributed by atoms with Crippen LogP contribution in [0, 0.1) is 0 Å². The quantitative estimate of drug-likeness (QED) is 0.662. The minimum Gasteiger partial charge on any atom is -0.324 e. The van der Waals surface area contributed by atoms with Crippen LogP contribution < -0.4 is 0 Å². The lowest BCUT2D eigenvalue weighted by atomic mass is 10.1. The monoisotopic (exact) mass is 244 g/mol. The lowest BCUT2D eigenvalue weighted by Gasteiger charge is -2.08. The molecule has 2 rings (SSSR count). The van der Waals surface area contributed by atoms with Gasteiger partial charge in [-0.25, -0.2) is 5.06 Å². The van der Waals surface area contributed by atoms with Gasteiger partial charge in [-0.2, -0.15) is 0 Å². The molecule has 0 bridgehead atoms. The molecule has 0 aliphatic carbocycles. The highest BCUT2D eigenvalue weighted by Gasteiger charge is 2.05. The molecule has 1 aromatic carbocycles. The Balaban J connectivity index is 1.98. The van der Waals surface area contributed by atoms with Gasteiger partial charge < -0.3 is 4.57 Å². The highest BCUT2D eigenvalue weighted by molar-refractivity contribution is 5.74. The summed E-state index contributed by atoms with van der Waals surface area (Å²) in [5.41, 5.74) is 2.18. The largest absolute Gasteiger partial charge is 0.324 e. The molecule has 4 nitrogen and oxygen atoms in total. The lowest BCUT2D eigenvalue weighted by Crippen LogP contribution is -2.22. The van der Waals surface area contributed by atoms with E-state index in [-0.39, 0.29) is 5.91 Å². The van der Waals surface area contributed by atoms with Gasteiger partial charge in [-0.05, 0) is 36.2 Å². The van der Waals surface area contributed by atoms with Crippen LogP contribution in [0.3, 0.4) is 0 Å². The van der Waals surface area contributed by atoms with Gasteiger partial charge >= 0.3 is 0 Å². The number of rotatable bonds is 4. The van der Waals surface area contributed by atoms with Crippen molar-refractivity contribution in [3.63, 3.8) is 0 Å². The van der Waals surface area contributed by atoms with Crippen LogP contribution in [0.1, 0.15) is 12.0 Å². The summed E-state index contributed by atoms with van der Waals surface area (Å²) in [5, 5.41) is 9.58. The van der Waals surface area contributed by atoms with Crippen molar-refractivity contribution in [1.29, 1.82) is 0 Å². The second kappa shape index (κ2) is 5.51. The number of hydrogen-bond donors (Lipinski definition) is 1. The van der Waals surface area contributed by atoms with Gasteiger partial charge in [0.15, 0.2) is 0 Å². The first kappa shape index (κ1) is 12.4. The molecule has 0 radical (unpaired) electrons. The number of carbonyl (C=O) groups is 1. The number of hydroxylamine groups is 2. The topological polar surface area (TPSA) is 45.5 Å². The summed E-state index contributed by atoms with van der Waals surface area (Å²) in [6.45, 7) is 0. The standard InChI is InChI=1S/C14H16N2O2/c1-15(18)14(17)9-6-12-4-7-13(8-5-12)16-10-2-3-11-16/h2-5,7-8,10-11,18H,6,9H2,1H3. The van der Waals surface area contributed by atoms with Crippen molar-refractivity contribution in [1.82, 2.24) is 9.63 Å². The van der Waals surface area contributed by atoms with Crippen molar-refractivity contribution in [2.45, 2.75) is 12.8 Å². The molecule has 0 fully saturated rings. The van der Waals surface area contributed by atoms with Crippen molar-refractivity contribution in [3.8, 4) is 5.69 Å².